The summed E-state index contributed by atoms with van der Waals surface area (Å²) in [4.78, 5) is 26.1. The number of morpholine rings is 1. The summed E-state index contributed by atoms with van der Waals surface area (Å²) in [5.41, 5.74) is 5.90. The molecule has 5 rings (SSSR count). The summed E-state index contributed by atoms with van der Waals surface area (Å²) >= 11 is 0. The van der Waals surface area contributed by atoms with Crippen LogP contribution in [-0.4, -0.2) is 60.5 Å². The molecule has 8 nitrogen and oxygen atoms in total. The molecule has 4 N–H and O–H groups in total. The lowest BCUT2D eigenvalue weighted by atomic mass is 9.48. The molecule has 3 saturated carbocycles. The topological polar surface area (TPSA) is 118 Å². The van der Waals surface area contributed by atoms with E-state index in [1.54, 1.807) is 6.26 Å². The molecule has 0 bridgehead atoms. The van der Waals surface area contributed by atoms with Crippen LogP contribution < -0.4 is 16.7 Å². The van der Waals surface area contributed by atoms with Crippen LogP contribution in [0.4, 0.5) is 4.79 Å². The maximum absolute atomic E-state index is 12.7. The molecule has 1 saturated heterocycles. The number of aliphatic hydroxyl groups is 1. The van der Waals surface area contributed by atoms with Crippen molar-refractivity contribution < 1.29 is 19.1 Å². The van der Waals surface area contributed by atoms with Crippen LogP contribution in [0.2, 0.25) is 0 Å². The fourth-order valence-corrected chi connectivity index (χ4v) is 8.64. The number of urea groups is 1. The summed E-state index contributed by atoms with van der Waals surface area (Å²) in [7, 11) is 0. The number of carbonyl (C=O) groups is 1. The summed E-state index contributed by atoms with van der Waals surface area (Å²) in [5.74, 6) is 0.709. The van der Waals surface area contributed by atoms with Gasteiger partial charge in [0, 0.05) is 30.6 Å². The van der Waals surface area contributed by atoms with Crippen LogP contribution in [0.3, 0.4) is 0 Å². The van der Waals surface area contributed by atoms with Crippen LogP contribution >= 0.6 is 0 Å². The monoisotopic (exact) mass is 515 g/mol. The van der Waals surface area contributed by atoms with Crippen molar-refractivity contribution in [2.24, 2.45) is 28.4 Å². The minimum atomic E-state index is -0.791. The molecule has 1 unspecified atom stereocenters. The number of amides is 2. The smallest absolute Gasteiger partial charge is 0.335 e. The molecule has 5 atom stereocenters. The predicted molar refractivity (Wildman–Crippen MR) is 141 cm³/mol. The second-order valence-electron chi connectivity index (χ2n) is 12.6. The lowest BCUT2D eigenvalue weighted by molar-refractivity contribution is -0.176. The van der Waals surface area contributed by atoms with Crippen molar-refractivity contribution in [2.75, 3.05) is 32.8 Å². The van der Waals surface area contributed by atoms with Crippen molar-refractivity contribution in [2.45, 2.75) is 89.2 Å². The number of ether oxygens (including phenoxy) is 1. The van der Waals surface area contributed by atoms with Crippen molar-refractivity contribution >= 4 is 6.03 Å². The maximum atomic E-state index is 12.7. The maximum Gasteiger partial charge on any atom is 0.335 e. The standard InChI is InChI=1S/C29H45N3O5/c1-27(10-5-21(6-11-27)31-26(34)32-15-17-36-18-16-32)23-7-12-28(2)22(20-3-4-25(33)37-19-20)8-13-29(28,35)24(23)9-14-30/h3-4,19,21-24,35H,5-18,30H2,1-2H3,(H,31,34)/t21?,22-,23?,24-,27?,28-,29+/m1/s1. The Morgan fingerprint density at radius 1 is 1.11 bits per heavy atom. The van der Waals surface area contributed by atoms with Gasteiger partial charge >= 0.3 is 11.7 Å². The molecule has 4 fully saturated rings. The first-order chi connectivity index (χ1) is 17.7. The van der Waals surface area contributed by atoms with E-state index in [9.17, 15) is 14.7 Å². The molecule has 1 aromatic rings. The molecule has 206 valence electrons. The number of hydrogen-bond acceptors (Lipinski definition) is 6. The van der Waals surface area contributed by atoms with Crippen molar-refractivity contribution in [1.29, 1.82) is 0 Å². The highest BCUT2D eigenvalue weighted by Gasteiger charge is 2.65. The van der Waals surface area contributed by atoms with E-state index < -0.39 is 5.60 Å². The Morgan fingerprint density at radius 3 is 2.49 bits per heavy atom. The van der Waals surface area contributed by atoms with Crippen molar-refractivity contribution in [1.82, 2.24) is 10.2 Å². The van der Waals surface area contributed by atoms with Gasteiger partial charge in [-0.05, 0) is 99.1 Å². The quantitative estimate of drug-likeness (QED) is 0.551. The van der Waals surface area contributed by atoms with Crippen LogP contribution in [0, 0.1) is 22.7 Å². The Labute approximate surface area is 220 Å². The molecule has 1 aliphatic heterocycles. The highest BCUT2D eigenvalue weighted by molar-refractivity contribution is 5.74. The van der Waals surface area contributed by atoms with Gasteiger partial charge in [0.15, 0.2) is 0 Å². The minimum Gasteiger partial charge on any atom is -0.431 e. The number of fused-ring (bicyclic) bond motifs is 1. The summed E-state index contributed by atoms with van der Waals surface area (Å²) in [6.45, 7) is 7.77. The molecule has 3 aliphatic carbocycles. The van der Waals surface area contributed by atoms with Gasteiger partial charge in [-0.1, -0.05) is 13.8 Å². The number of hydrogen-bond donors (Lipinski definition) is 3. The van der Waals surface area contributed by atoms with Crippen LogP contribution in [-0.2, 0) is 4.74 Å². The van der Waals surface area contributed by atoms with E-state index in [0.29, 0.717) is 38.8 Å². The molecule has 2 amide bonds. The number of rotatable bonds is 5. The second-order valence-corrected chi connectivity index (χ2v) is 12.6. The fraction of sp³-hybridized carbons (Fsp3) is 0.793. The van der Waals surface area contributed by atoms with Gasteiger partial charge in [0.25, 0.3) is 0 Å². The summed E-state index contributed by atoms with van der Waals surface area (Å²) in [6.07, 6.45) is 10.1. The average molecular weight is 516 g/mol. The minimum absolute atomic E-state index is 0.0365. The van der Waals surface area contributed by atoms with Gasteiger partial charge in [0.2, 0.25) is 0 Å². The largest absolute Gasteiger partial charge is 0.431 e. The molecule has 4 aliphatic rings. The van der Waals surface area contributed by atoms with Crippen molar-refractivity contribution in [3.8, 4) is 0 Å². The first kappa shape index (κ1) is 26.7. The van der Waals surface area contributed by atoms with E-state index in [4.69, 9.17) is 14.9 Å². The van der Waals surface area contributed by atoms with Crippen LogP contribution in [0.5, 0.6) is 0 Å². The summed E-state index contributed by atoms with van der Waals surface area (Å²) in [5, 5.41) is 15.7. The van der Waals surface area contributed by atoms with E-state index in [1.165, 1.54) is 6.07 Å². The van der Waals surface area contributed by atoms with Gasteiger partial charge in [-0.2, -0.15) is 0 Å². The van der Waals surface area contributed by atoms with E-state index >= 15 is 0 Å². The molecule has 2 heterocycles. The third-order valence-electron chi connectivity index (χ3n) is 10.9. The van der Waals surface area contributed by atoms with Gasteiger partial charge < -0.3 is 30.2 Å². The summed E-state index contributed by atoms with van der Waals surface area (Å²) < 4.78 is 10.6. The predicted octanol–water partition coefficient (Wildman–Crippen LogP) is 3.62. The van der Waals surface area contributed by atoms with E-state index in [-0.39, 0.29) is 40.4 Å². The molecule has 8 heteroatoms. The van der Waals surface area contributed by atoms with Crippen LogP contribution in [0.15, 0.2) is 27.6 Å². The lowest BCUT2D eigenvalue weighted by Gasteiger charge is -2.59. The fourth-order valence-electron chi connectivity index (χ4n) is 8.64. The zero-order chi connectivity index (χ0) is 26.3. The molecule has 1 aromatic heterocycles. The Balaban J connectivity index is 1.29. The highest BCUT2D eigenvalue weighted by Crippen LogP contribution is 2.67. The number of nitrogens with two attached hydrogens (primary N) is 1. The van der Waals surface area contributed by atoms with Gasteiger partial charge in [-0.15, -0.1) is 0 Å². The molecule has 0 aromatic carbocycles. The average Bonchev–Trinajstić information content (AvgIpc) is 3.18. The number of nitrogens with zero attached hydrogens (tertiary/aromatic N) is 1. The molecule has 0 radical (unpaired) electrons. The normalized spacial score (nSPS) is 40.3. The lowest BCUT2D eigenvalue weighted by Crippen LogP contribution is -2.59. The second kappa shape index (κ2) is 10.3. The van der Waals surface area contributed by atoms with E-state index in [0.717, 1.165) is 63.4 Å². The first-order valence-electron chi connectivity index (χ1n) is 14.3. The Kier molecular flexibility index (Phi) is 7.46. The Morgan fingerprint density at radius 2 is 1.84 bits per heavy atom. The van der Waals surface area contributed by atoms with Crippen LogP contribution in [0.25, 0.3) is 0 Å². The van der Waals surface area contributed by atoms with Crippen molar-refractivity contribution in [3.63, 3.8) is 0 Å². The van der Waals surface area contributed by atoms with Gasteiger partial charge in [0.05, 0.1) is 25.1 Å². The molecule has 37 heavy (non-hydrogen) atoms. The first-order valence-corrected chi connectivity index (χ1v) is 14.3. The Bertz CT molecular complexity index is 995. The third-order valence-corrected chi connectivity index (χ3v) is 10.9. The zero-order valence-corrected chi connectivity index (χ0v) is 22.5. The zero-order valence-electron chi connectivity index (χ0n) is 22.5. The van der Waals surface area contributed by atoms with Crippen LogP contribution in [0.1, 0.15) is 83.1 Å². The number of nitrogens with one attached hydrogen (secondary N) is 1. The molecular formula is C29H45N3O5. The molecule has 0 spiro atoms. The highest BCUT2D eigenvalue weighted by atomic mass is 16.5. The number of carbonyl (C=O) groups excluding carboxylic acids is 1. The Hall–Kier alpha value is -1.90. The van der Waals surface area contributed by atoms with Crippen molar-refractivity contribution in [3.05, 3.63) is 34.4 Å². The van der Waals surface area contributed by atoms with E-state index in [2.05, 4.69) is 19.2 Å². The van der Waals surface area contributed by atoms with Gasteiger partial charge in [0.1, 0.15) is 0 Å². The summed E-state index contributed by atoms with van der Waals surface area (Å²) in [6, 6.07) is 3.62. The van der Waals surface area contributed by atoms with Gasteiger partial charge in [-0.3, -0.25) is 0 Å². The van der Waals surface area contributed by atoms with E-state index in [1.807, 2.05) is 11.0 Å². The molecular weight excluding hydrogens is 470 g/mol. The SMILES string of the molecule is CC1(C2CC[C@]3(C)[C@@H](c4ccc(=O)oc4)CC[C@]3(O)[C@@H]2CCN)CCC(NC(=O)N2CCOCC2)CC1. The van der Waals surface area contributed by atoms with Gasteiger partial charge in [-0.25, -0.2) is 9.59 Å². The third kappa shape index (κ3) is 4.74.